The molecule has 0 saturated carbocycles. The normalized spacial score (nSPS) is 16.0. The number of hydrogen-bond donors (Lipinski definition) is 2. The van der Waals surface area contributed by atoms with Crippen molar-refractivity contribution in [1.82, 2.24) is 15.5 Å². The monoisotopic (exact) mass is 492 g/mol. The Labute approximate surface area is 180 Å². The third kappa shape index (κ3) is 9.71. The SMILES string of the molecule is CCNC(=NCC1CCN(CCOC)CC1)NCCc1cccc(F)c1.I. The van der Waals surface area contributed by atoms with Crippen LogP contribution in [0.5, 0.6) is 0 Å². The van der Waals surface area contributed by atoms with Gasteiger partial charge in [-0.25, -0.2) is 4.39 Å². The first kappa shape index (κ1) is 24.1. The molecule has 1 aromatic carbocycles. The fourth-order valence-corrected chi connectivity index (χ4v) is 3.19. The number of guanidine groups is 1. The van der Waals surface area contributed by atoms with E-state index < -0.39 is 0 Å². The van der Waals surface area contributed by atoms with E-state index in [2.05, 4.69) is 22.5 Å². The molecule has 7 heteroatoms. The number of hydrogen-bond acceptors (Lipinski definition) is 3. The summed E-state index contributed by atoms with van der Waals surface area (Å²) in [5.41, 5.74) is 0.997. The zero-order chi connectivity index (χ0) is 18.6. The number of nitrogens with one attached hydrogen (secondary N) is 2. The van der Waals surface area contributed by atoms with Gasteiger partial charge in [0.25, 0.3) is 0 Å². The van der Waals surface area contributed by atoms with Crippen LogP contribution in [-0.4, -0.2) is 63.8 Å². The van der Waals surface area contributed by atoms with Crippen LogP contribution in [0.3, 0.4) is 0 Å². The molecule has 0 unspecified atom stereocenters. The maximum absolute atomic E-state index is 13.2. The molecule has 1 fully saturated rings. The molecule has 1 aliphatic rings. The summed E-state index contributed by atoms with van der Waals surface area (Å²) >= 11 is 0. The summed E-state index contributed by atoms with van der Waals surface area (Å²) < 4.78 is 18.4. The van der Waals surface area contributed by atoms with Gasteiger partial charge >= 0.3 is 0 Å². The minimum atomic E-state index is -0.181. The second-order valence-electron chi connectivity index (χ2n) is 6.80. The van der Waals surface area contributed by atoms with E-state index >= 15 is 0 Å². The lowest BCUT2D eigenvalue weighted by Crippen LogP contribution is -2.40. The maximum atomic E-state index is 13.2. The number of benzene rings is 1. The van der Waals surface area contributed by atoms with Gasteiger partial charge in [0.15, 0.2) is 5.96 Å². The van der Waals surface area contributed by atoms with E-state index in [0.29, 0.717) is 5.92 Å². The van der Waals surface area contributed by atoms with Crippen molar-refractivity contribution in [3.63, 3.8) is 0 Å². The van der Waals surface area contributed by atoms with Crippen LogP contribution in [0.4, 0.5) is 4.39 Å². The van der Waals surface area contributed by atoms with E-state index in [1.54, 1.807) is 19.2 Å². The molecule has 5 nitrogen and oxygen atoms in total. The first-order valence-electron chi connectivity index (χ1n) is 9.69. The van der Waals surface area contributed by atoms with Gasteiger partial charge in [0.2, 0.25) is 0 Å². The van der Waals surface area contributed by atoms with E-state index in [4.69, 9.17) is 9.73 Å². The van der Waals surface area contributed by atoms with Crippen molar-refractivity contribution in [2.45, 2.75) is 26.2 Å². The molecule has 0 aromatic heterocycles. The topological polar surface area (TPSA) is 48.9 Å². The molecule has 0 amide bonds. The first-order chi connectivity index (χ1) is 12.7. The van der Waals surface area contributed by atoms with E-state index in [9.17, 15) is 4.39 Å². The molecule has 1 aliphatic heterocycles. The highest BCUT2D eigenvalue weighted by Crippen LogP contribution is 2.17. The molecular formula is C20H34FIN4O. The highest BCUT2D eigenvalue weighted by molar-refractivity contribution is 14.0. The summed E-state index contributed by atoms with van der Waals surface area (Å²) in [6, 6.07) is 6.77. The van der Waals surface area contributed by atoms with E-state index in [1.807, 2.05) is 6.07 Å². The Hall–Kier alpha value is -0.930. The van der Waals surface area contributed by atoms with Crippen molar-refractivity contribution in [1.29, 1.82) is 0 Å². The average Bonchev–Trinajstić information content (AvgIpc) is 2.65. The summed E-state index contributed by atoms with van der Waals surface area (Å²) in [4.78, 5) is 7.21. The maximum Gasteiger partial charge on any atom is 0.191 e. The molecule has 27 heavy (non-hydrogen) atoms. The minimum absolute atomic E-state index is 0. The van der Waals surface area contributed by atoms with Crippen LogP contribution in [0.1, 0.15) is 25.3 Å². The number of likely N-dealkylation sites (tertiary alicyclic amines) is 1. The van der Waals surface area contributed by atoms with Gasteiger partial charge in [-0.2, -0.15) is 0 Å². The Morgan fingerprint density at radius 1 is 1.30 bits per heavy atom. The molecule has 154 valence electrons. The van der Waals surface area contributed by atoms with Gasteiger partial charge in [0.1, 0.15) is 5.82 Å². The van der Waals surface area contributed by atoms with Crippen LogP contribution < -0.4 is 10.6 Å². The Bertz CT molecular complexity index is 551. The molecule has 2 N–H and O–H groups in total. The number of halogens is 2. The van der Waals surface area contributed by atoms with Crippen LogP contribution in [0, 0.1) is 11.7 Å². The van der Waals surface area contributed by atoms with Crippen LogP contribution >= 0.6 is 24.0 Å². The van der Waals surface area contributed by atoms with Gasteiger partial charge in [0, 0.05) is 33.3 Å². The predicted octanol–water partition coefficient (Wildman–Crippen LogP) is 2.90. The van der Waals surface area contributed by atoms with E-state index in [0.717, 1.165) is 63.8 Å². The lowest BCUT2D eigenvalue weighted by atomic mass is 9.97. The van der Waals surface area contributed by atoms with Gasteiger partial charge in [-0.05, 0) is 62.9 Å². The van der Waals surface area contributed by atoms with Gasteiger partial charge in [0.05, 0.1) is 6.61 Å². The molecule has 0 radical (unpaired) electrons. The van der Waals surface area contributed by atoms with E-state index in [1.165, 1.54) is 18.9 Å². The van der Waals surface area contributed by atoms with Crippen LogP contribution in [0.2, 0.25) is 0 Å². The lowest BCUT2D eigenvalue weighted by molar-refractivity contribution is 0.121. The standard InChI is InChI=1S/C20H33FN4O.HI/c1-3-22-20(23-10-7-17-5-4-6-19(21)15-17)24-16-18-8-11-25(12-9-18)13-14-26-2;/h4-6,15,18H,3,7-14,16H2,1-2H3,(H2,22,23,24);1H. The first-order valence-corrected chi connectivity index (χ1v) is 9.69. The van der Waals surface area contributed by atoms with Crippen molar-refractivity contribution in [2.24, 2.45) is 10.9 Å². The molecule has 0 aliphatic carbocycles. The molecule has 2 rings (SSSR count). The van der Waals surface area contributed by atoms with Crippen molar-refractivity contribution in [3.8, 4) is 0 Å². The van der Waals surface area contributed by atoms with Crippen molar-refractivity contribution < 1.29 is 9.13 Å². The number of ether oxygens (including phenoxy) is 1. The third-order valence-electron chi connectivity index (χ3n) is 4.77. The van der Waals surface area contributed by atoms with Crippen molar-refractivity contribution in [2.75, 3.05) is 53.0 Å². The second kappa shape index (κ2) is 14.1. The largest absolute Gasteiger partial charge is 0.383 e. The second-order valence-corrected chi connectivity index (χ2v) is 6.80. The quantitative estimate of drug-likeness (QED) is 0.316. The number of aliphatic imine (C=N–C) groups is 1. The molecule has 0 bridgehead atoms. The van der Waals surface area contributed by atoms with Crippen LogP contribution in [-0.2, 0) is 11.2 Å². The molecular weight excluding hydrogens is 458 g/mol. The Balaban J connectivity index is 0.00000364. The fraction of sp³-hybridized carbons (Fsp3) is 0.650. The van der Waals surface area contributed by atoms with Gasteiger partial charge < -0.3 is 20.3 Å². The molecule has 1 saturated heterocycles. The minimum Gasteiger partial charge on any atom is -0.383 e. The van der Waals surface area contributed by atoms with Crippen molar-refractivity contribution in [3.05, 3.63) is 35.6 Å². The molecule has 1 heterocycles. The van der Waals surface area contributed by atoms with Gasteiger partial charge in [-0.3, -0.25) is 4.99 Å². The number of methoxy groups -OCH3 is 1. The van der Waals surface area contributed by atoms with Crippen molar-refractivity contribution >= 4 is 29.9 Å². The fourth-order valence-electron chi connectivity index (χ4n) is 3.19. The zero-order valence-electron chi connectivity index (χ0n) is 16.5. The number of piperidine rings is 1. The molecule has 0 spiro atoms. The van der Waals surface area contributed by atoms with Crippen LogP contribution in [0.15, 0.2) is 29.3 Å². The Morgan fingerprint density at radius 2 is 2.07 bits per heavy atom. The highest BCUT2D eigenvalue weighted by Gasteiger charge is 2.18. The Kier molecular flexibility index (Phi) is 12.6. The van der Waals surface area contributed by atoms with Gasteiger partial charge in [-0.1, -0.05) is 12.1 Å². The summed E-state index contributed by atoms with van der Waals surface area (Å²) in [7, 11) is 1.75. The predicted molar refractivity (Wildman–Crippen MR) is 121 cm³/mol. The average molecular weight is 492 g/mol. The summed E-state index contributed by atoms with van der Waals surface area (Å²) in [5.74, 6) is 1.32. The highest BCUT2D eigenvalue weighted by atomic mass is 127. The third-order valence-corrected chi connectivity index (χ3v) is 4.77. The molecule has 1 aromatic rings. The number of rotatable bonds is 9. The number of nitrogens with zero attached hydrogens (tertiary/aromatic N) is 2. The van der Waals surface area contributed by atoms with Gasteiger partial charge in [-0.15, -0.1) is 24.0 Å². The summed E-state index contributed by atoms with van der Waals surface area (Å²) in [6.45, 7) is 8.59. The van der Waals surface area contributed by atoms with Crippen LogP contribution in [0.25, 0.3) is 0 Å². The summed E-state index contributed by atoms with van der Waals surface area (Å²) in [6.07, 6.45) is 3.16. The molecule has 0 atom stereocenters. The zero-order valence-corrected chi connectivity index (χ0v) is 18.9. The van der Waals surface area contributed by atoms with E-state index in [-0.39, 0.29) is 29.8 Å². The Morgan fingerprint density at radius 3 is 2.74 bits per heavy atom. The summed E-state index contributed by atoms with van der Waals surface area (Å²) in [5, 5.41) is 6.65. The lowest BCUT2D eigenvalue weighted by Gasteiger charge is -2.31. The smallest absolute Gasteiger partial charge is 0.191 e.